The fraction of sp³-hybridized carbons (Fsp3) is 0.667. The molecule has 0 aromatic heterocycles. The molecule has 2 unspecified atom stereocenters. The molecule has 0 saturated heterocycles. The summed E-state index contributed by atoms with van der Waals surface area (Å²) in [6, 6.07) is 8.20. The van der Waals surface area contributed by atoms with E-state index in [1.807, 2.05) is 12.1 Å². The third-order valence-electron chi connectivity index (χ3n) is 5.27. The number of anilines is 1. The number of aromatic hydroxyl groups is 1. The van der Waals surface area contributed by atoms with Crippen molar-refractivity contribution < 1.29 is 5.11 Å². The monoisotopic (exact) mass is 273 g/mol. The van der Waals surface area contributed by atoms with Crippen LogP contribution < -0.4 is 5.32 Å². The Morgan fingerprint density at radius 1 is 0.900 bits per heavy atom. The van der Waals surface area contributed by atoms with E-state index in [1.165, 1.54) is 57.8 Å². The first-order chi connectivity index (χ1) is 9.83. The van der Waals surface area contributed by atoms with Gasteiger partial charge in [-0.05, 0) is 36.8 Å². The van der Waals surface area contributed by atoms with Crippen molar-refractivity contribution in [2.45, 2.75) is 63.8 Å². The van der Waals surface area contributed by atoms with Crippen molar-refractivity contribution in [3.63, 3.8) is 0 Å². The average molecular weight is 273 g/mol. The van der Waals surface area contributed by atoms with Gasteiger partial charge < -0.3 is 10.4 Å². The quantitative estimate of drug-likeness (QED) is 0.817. The predicted molar refractivity (Wildman–Crippen MR) is 84.1 cm³/mol. The summed E-state index contributed by atoms with van der Waals surface area (Å²) in [5.74, 6) is 2.13. The second-order valence-corrected chi connectivity index (χ2v) is 6.65. The van der Waals surface area contributed by atoms with Crippen LogP contribution in [0.3, 0.4) is 0 Å². The second-order valence-electron chi connectivity index (χ2n) is 6.65. The van der Waals surface area contributed by atoms with Gasteiger partial charge in [-0.15, -0.1) is 0 Å². The summed E-state index contributed by atoms with van der Waals surface area (Å²) >= 11 is 0. The topological polar surface area (TPSA) is 32.3 Å². The maximum atomic E-state index is 9.62. The highest BCUT2D eigenvalue weighted by molar-refractivity contribution is 5.48. The molecule has 2 saturated carbocycles. The molecule has 0 aliphatic heterocycles. The molecule has 2 fully saturated rings. The van der Waals surface area contributed by atoms with Gasteiger partial charge in [-0.2, -0.15) is 0 Å². The van der Waals surface area contributed by atoms with Gasteiger partial charge in [0.2, 0.25) is 0 Å². The van der Waals surface area contributed by atoms with E-state index in [0.717, 1.165) is 17.5 Å². The minimum Gasteiger partial charge on any atom is -0.508 e. The van der Waals surface area contributed by atoms with Crippen molar-refractivity contribution >= 4 is 5.69 Å². The van der Waals surface area contributed by atoms with Crippen molar-refractivity contribution in [3.8, 4) is 5.75 Å². The minimum absolute atomic E-state index is 0.361. The first kappa shape index (κ1) is 13.8. The highest BCUT2D eigenvalue weighted by atomic mass is 16.3. The Morgan fingerprint density at radius 3 is 2.45 bits per heavy atom. The van der Waals surface area contributed by atoms with Crippen LogP contribution in [0.15, 0.2) is 24.3 Å². The summed E-state index contributed by atoms with van der Waals surface area (Å²) in [6.07, 6.45) is 12.6. The molecule has 0 radical (unpaired) electrons. The van der Waals surface area contributed by atoms with Crippen LogP contribution >= 0.6 is 0 Å². The molecule has 2 nitrogen and oxygen atoms in total. The van der Waals surface area contributed by atoms with Gasteiger partial charge >= 0.3 is 0 Å². The zero-order valence-electron chi connectivity index (χ0n) is 12.4. The van der Waals surface area contributed by atoms with Crippen LogP contribution in [0.25, 0.3) is 0 Å². The highest BCUT2D eigenvalue weighted by Crippen LogP contribution is 2.39. The normalized spacial score (nSPS) is 28.2. The van der Waals surface area contributed by atoms with Crippen LogP contribution in [0.4, 0.5) is 5.69 Å². The fourth-order valence-corrected chi connectivity index (χ4v) is 4.28. The Bertz CT molecular complexity index is 425. The van der Waals surface area contributed by atoms with Crippen molar-refractivity contribution in [3.05, 3.63) is 24.3 Å². The Hall–Kier alpha value is -1.18. The van der Waals surface area contributed by atoms with E-state index >= 15 is 0 Å². The van der Waals surface area contributed by atoms with E-state index in [1.54, 1.807) is 6.07 Å². The van der Waals surface area contributed by atoms with Crippen LogP contribution in [0, 0.1) is 11.8 Å². The van der Waals surface area contributed by atoms with Gasteiger partial charge in [0.05, 0.1) is 0 Å². The molecular weight excluding hydrogens is 246 g/mol. The lowest BCUT2D eigenvalue weighted by atomic mass is 9.71. The van der Waals surface area contributed by atoms with Gasteiger partial charge in [0, 0.05) is 17.8 Å². The van der Waals surface area contributed by atoms with Gasteiger partial charge in [-0.25, -0.2) is 0 Å². The zero-order valence-corrected chi connectivity index (χ0v) is 12.4. The van der Waals surface area contributed by atoms with E-state index in [9.17, 15) is 5.11 Å². The summed E-state index contributed by atoms with van der Waals surface area (Å²) < 4.78 is 0. The minimum atomic E-state index is 0.361. The number of phenolic OH excluding ortho intramolecular Hbond substituents is 1. The molecule has 20 heavy (non-hydrogen) atoms. The number of benzene rings is 1. The first-order valence-electron chi connectivity index (χ1n) is 8.38. The van der Waals surface area contributed by atoms with Crippen molar-refractivity contribution in [2.24, 2.45) is 11.8 Å². The maximum Gasteiger partial charge on any atom is 0.117 e. The molecule has 1 aromatic carbocycles. The van der Waals surface area contributed by atoms with Gasteiger partial charge in [-0.3, -0.25) is 0 Å². The summed E-state index contributed by atoms with van der Waals surface area (Å²) in [5.41, 5.74) is 1.08. The number of rotatable bonds is 3. The molecule has 0 bridgehead atoms. The fourth-order valence-electron chi connectivity index (χ4n) is 4.28. The van der Waals surface area contributed by atoms with Crippen LogP contribution in [-0.2, 0) is 0 Å². The number of phenols is 1. The molecule has 2 atom stereocenters. The van der Waals surface area contributed by atoms with Crippen molar-refractivity contribution in [1.82, 2.24) is 0 Å². The van der Waals surface area contributed by atoms with E-state index in [2.05, 4.69) is 11.4 Å². The largest absolute Gasteiger partial charge is 0.508 e. The van der Waals surface area contributed by atoms with E-state index < -0.39 is 0 Å². The van der Waals surface area contributed by atoms with Crippen LogP contribution in [0.5, 0.6) is 5.75 Å². The molecule has 1 aromatic rings. The first-order valence-corrected chi connectivity index (χ1v) is 8.38. The lowest BCUT2D eigenvalue weighted by Gasteiger charge is -2.39. The number of hydrogen-bond donors (Lipinski definition) is 2. The van der Waals surface area contributed by atoms with E-state index in [-0.39, 0.29) is 0 Å². The molecule has 2 heteroatoms. The van der Waals surface area contributed by atoms with Gasteiger partial charge in [0.15, 0.2) is 0 Å². The highest BCUT2D eigenvalue weighted by Gasteiger charge is 2.32. The summed E-state index contributed by atoms with van der Waals surface area (Å²) in [6.45, 7) is 0. The summed E-state index contributed by atoms with van der Waals surface area (Å²) in [5, 5.41) is 13.3. The number of hydrogen-bond acceptors (Lipinski definition) is 2. The van der Waals surface area contributed by atoms with E-state index in [0.29, 0.717) is 11.8 Å². The third-order valence-corrected chi connectivity index (χ3v) is 5.27. The van der Waals surface area contributed by atoms with Crippen LogP contribution in [0.2, 0.25) is 0 Å². The molecule has 3 rings (SSSR count). The Kier molecular flexibility index (Phi) is 4.49. The lowest BCUT2D eigenvalue weighted by Crippen LogP contribution is -2.37. The van der Waals surface area contributed by atoms with Crippen molar-refractivity contribution in [2.75, 3.05) is 5.32 Å². The zero-order chi connectivity index (χ0) is 13.8. The molecule has 0 spiro atoms. The standard InChI is InChI=1S/C18H27NO/c20-16-10-6-9-15(13-16)19-18-12-5-4-11-17(18)14-7-2-1-3-8-14/h6,9-10,13-14,17-20H,1-5,7-8,11-12H2. The molecule has 2 N–H and O–H groups in total. The van der Waals surface area contributed by atoms with E-state index in [4.69, 9.17) is 0 Å². The molecule has 2 aliphatic carbocycles. The maximum absolute atomic E-state index is 9.62. The Balaban J connectivity index is 1.68. The molecular formula is C18H27NO. The Morgan fingerprint density at radius 2 is 1.65 bits per heavy atom. The second kappa shape index (κ2) is 6.51. The van der Waals surface area contributed by atoms with Crippen LogP contribution in [-0.4, -0.2) is 11.1 Å². The SMILES string of the molecule is Oc1cccc(NC2CCCCC2C2CCCCC2)c1. The number of nitrogens with one attached hydrogen (secondary N) is 1. The Labute approximate surface area is 122 Å². The smallest absolute Gasteiger partial charge is 0.117 e. The predicted octanol–water partition coefficient (Wildman–Crippen LogP) is 4.94. The van der Waals surface area contributed by atoms with Crippen molar-refractivity contribution in [1.29, 1.82) is 0 Å². The lowest BCUT2D eigenvalue weighted by molar-refractivity contribution is 0.180. The van der Waals surface area contributed by atoms with Crippen LogP contribution in [0.1, 0.15) is 57.8 Å². The van der Waals surface area contributed by atoms with Gasteiger partial charge in [0.25, 0.3) is 0 Å². The molecule has 110 valence electrons. The molecule has 0 heterocycles. The molecule has 2 aliphatic rings. The summed E-state index contributed by atoms with van der Waals surface area (Å²) in [7, 11) is 0. The molecule has 0 amide bonds. The summed E-state index contributed by atoms with van der Waals surface area (Å²) in [4.78, 5) is 0. The van der Waals surface area contributed by atoms with Gasteiger partial charge in [-0.1, -0.05) is 51.0 Å². The third kappa shape index (κ3) is 3.28. The average Bonchev–Trinajstić information content (AvgIpc) is 2.49. The van der Waals surface area contributed by atoms with Gasteiger partial charge in [0.1, 0.15) is 5.75 Å².